The average Bonchev–Trinajstić information content (AvgIpc) is 2.63. The fraction of sp³-hybridized carbons (Fsp3) is 0.250. The Hall–Kier alpha value is -2.34. The van der Waals surface area contributed by atoms with Gasteiger partial charge in [0, 0.05) is 11.8 Å². The quantitative estimate of drug-likeness (QED) is 0.508. The highest BCUT2D eigenvalue weighted by Gasteiger charge is 2.18. The number of aryl methyl sites for hydroxylation is 1. The molecule has 0 amide bonds. The van der Waals surface area contributed by atoms with Crippen LogP contribution in [0.4, 0.5) is 0 Å². The molecule has 3 aromatic rings. The molecule has 0 aromatic heterocycles. The van der Waals surface area contributed by atoms with Crippen molar-refractivity contribution in [2.75, 3.05) is 0 Å². The first-order valence-corrected chi connectivity index (χ1v) is 8.79. The summed E-state index contributed by atoms with van der Waals surface area (Å²) in [4.78, 5) is 0. The minimum absolute atomic E-state index is 0.396. The highest BCUT2D eigenvalue weighted by atomic mass is 14.2. The van der Waals surface area contributed by atoms with Gasteiger partial charge in [-0.1, -0.05) is 86.6 Å². The molecule has 0 heterocycles. The van der Waals surface area contributed by atoms with Crippen LogP contribution in [0, 0.1) is 13.8 Å². The number of hydrogen-bond donors (Lipinski definition) is 0. The zero-order valence-corrected chi connectivity index (χ0v) is 15.1. The fourth-order valence-electron chi connectivity index (χ4n) is 3.63. The van der Waals surface area contributed by atoms with E-state index in [9.17, 15) is 0 Å². The van der Waals surface area contributed by atoms with Crippen LogP contribution < -0.4 is 0 Å². The van der Waals surface area contributed by atoms with Gasteiger partial charge in [0.1, 0.15) is 0 Å². The lowest BCUT2D eigenvalue weighted by Crippen LogP contribution is -2.07. The van der Waals surface area contributed by atoms with Gasteiger partial charge in [-0.05, 0) is 47.2 Å². The Kier molecular flexibility index (Phi) is 4.85. The van der Waals surface area contributed by atoms with Gasteiger partial charge < -0.3 is 0 Å². The lowest BCUT2D eigenvalue weighted by atomic mass is 9.81. The summed E-state index contributed by atoms with van der Waals surface area (Å²) in [6.07, 6.45) is 0. The fourth-order valence-corrected chi connectivity index (χ4v) is 3.63. The molecular weight excluding hydrogens is 288 g/mol. The molecule has 24 heavy (non-hydrogen) atoms. The van der Waals surface area contributed by atoms with Crippen LogP contribution in [-0.4, -0.2) is 0 Å². The van der Waals surface area contributed by atoms with Crippen LogP contribution in [0.2, 0.25) is 0 Å². The van der Waals surface area contributed by atoms with E-state index in [-0.39, 0.29) is 0 Å². The summed E-state index contributed by atoms with van der Waals surface area (Å²) in [6.45, 7) is 9.08. The summed E-state index contributed by atoms with van der Waals surface area (Å²) in [5.74, 6) is 0.794. The SMILES string of the molecule is Cc1cccc(C(C)c2ccccc2C(C)c2ccccc2)c1C. The van der Waals surface area contributed by atoms with E-state index in [1.807, 2.05) is 0 Å². The predicted octanol–water partition coefficient (Wildman–Crippen LogP) is 6.61. The van der Waals surface area contributed by atoms with Gasteiger partial charge in [0.05, 0.1) is 0 Å². The van der Waals surface area contributed by atoms with Crippen LogP contribution in [0.5, 0.6) is 0 Å². The average molecular weight is 314 g/mol. The van der Waals surface area contributed by atoms with Gasteiger partial charge >= 0.3 is 0 Å². The zero-order valence-electron chi connectivity index (χ0n) is 15.1. The van der Waals surface area contributed by atoms with E-state index in [2.05, 4.69) is 100 Å². The van der Waals surface area contributed by atoms with Crippen molar-refractivity contribution in [3.8, 4) is 0 Å². The summed E-state index contributed by atoms with van der Waals surface area (Å²) in [5, 5.41) is 0. The van der Waals surface area contributed by atoms with E-state index in [4.69, 9.17) is 0 Å². The van der Waals surface area contributed by atoms with Crippen molar-refractivity contribution >= 4 is 0 Å². The first kappa shape index (κ1) is 16.5. The molecule has 0 N–H and O–H groups in total. The second kappa shape index (κ2) is 7.05. The van der Waals surface area contributed by atoms with Crippen molar-refractivity contribution in [2.45, 2.75) is 39.5 Å². The van der Waals surface area contributed by atoms with Crippen LogP contribution in [0.25, 0.3) is 0 Å². The molecule has 0 fully saturated rings. The van der Waals surface area contributed by atoms with E-state index in [0.717, 1.165) is 0 Å². The maximum Gasteiger partial charge on any atom is 0.00666 e. The maximum absolute atomic E-state index is 2.33. The molecule has 2 unspecified atom stereocenters. The maximum atomic E-state index is 2.33. The van der Waals surface area contributed by atoms with Gasteiger partial charge in [0.15, 0.2) is 0 Å². The number of benzene rings is 3. The molecule has 2 atom stereocenters. The van der Waals surface area contributed by atoms with Crippen LogP contribution >= 0.6 is 0 Å². The van der Waals surface area contributed by atoms with Gasteiger partial charge in [-0.25, -0.2) is 0 Å². The summed E-state index contributed by atoms with van der Waals surface area (Å²) < 4.78 is 0. The Balaban J connectivity index is 2.05. The zero-order chi connectivity index (χ0) is 17.1. The molecule has 3 rings (SSSR count). The number of rotatable bonds is 4. The summed E-state index contributed by atoms with van der Waals surface area (Å²) in [5.41, 5.74) is 8.44. The molecule has 0 spiro atoms. The van der Waals surface area contributed by atoms with E-state index >= 15 is 0 Å². The van der Waals surface area contributed by atoms with Crippen LogP contribution in [-0.2, 0) is 0 Å². The lowest BCUT2D eigenvalue weighted by Gasteiger charge is -2.23. The minimum atomic E-state index is 0.396. The third-order valence-electron chi connectivity index (χ3n) is 5.34. The Labute approximate surface area is 146 Å². The van der Waals surface area contributed by atoms with Crippen molar-refractivity contribution in [1.29, 1.82) is 0 Å². The summed E-state index contributed by atoms with van der Waals surface area (Å²) in [7, 11) is 0. The normalized spacial score (nSPS) is 13.5. The highest BCUT2D eigenvalue weighted by Crippen LogP contribution is 2.35. The van der Waals surface area contributed by atoms with Crippen molar-refractivity contribution < 1.29 is 0 Å². The molecule has 0 radical (unpaired) electrons. The molecule has 0 aliphatic carbocycles. The topological polar surface area (TPSA) is 0 Å². The molecule has 0 heteroatoms. The third kappa shape index (κ3) is 3.14. The molecule has 122 valence electrons. The molecule has 0 aliphatic heterocycles. The second-order valence-electron chi connectivity index (χ2n) is 6.77. The summed E-state index contributed by atoms with van der Waals surface area (Å²) >= 11 is 0. The van der Waals surface area contributed by atoms with E-state index in [0.29, 0.717) is 11.8 Å². The molecule has 0 saturated heterocycles. The van der Waals surface area contributed by atoms with E-state index in [1.54, 1.807) is 0 Å². The van der Waals surface area contributed by atoms with Crippen molar-refractivity contribution in [3.05, 3.63) is 106 Å². The molecule has 0 bridgehead atoms. The molecule has 0 aliphatic rings. The largest absolute Gasteiger partial charge is 0.0622 e. The Morgan fingerprint density at radius 3 is 1.75 bits per heavy atom. The second-order valence-corrected chi connectivity index (χ2v) is 6.77. The van der Waals surface area contributed by atoms with Crippen LogP contribution in [0.15, 0.2) is 72.8 Å². The Morgan fingerprint density at radius 2 is 1.08 bits per heavy atom. The van der Waals surface area contributed by atoms with Crippen molar-refractivity contribution in [1.82, 2.24) is 0 Å². The van der Waals surface area contributed by atoms with Gasteiger partial charge in [-0.3, -0.25) is 0 Å². The number of hydrogen-bond acceptors (Lipinski definition) is 0. The van der Waals surface area contributed by atoms with Gasteiger partial charge in [-0.15, -0.1) is 0 Å². The smallest absolute Gasteiger partial charge is 0.00666 e. The monoisotopic (exact) mass is 314 g/mol. The highest BCUT2D eigenvalue weighted by molar-refractivity contribution is 5.46. The van der Waals surface area contributed by atoms with Crippen molar-refractivity contribution in [2.24, 2.45) is 0 Å². The minimum Gasteiger partial charge on any atom is -0.0622 e. The Morgan fingerprint density at radius 1 is 0.542 bits per heavy atom. The molecule has 3 aromatic carbocycles. The first-order chi connectivity index (χ1) is 11.6. The standard InChI is InChI=1S/C24H26/c1-17-11-10-16-22(18(17)2)20(4)24-15-9-8-14-23(24)19(3)21-12-6-5-7-13-21/h5-16,19-20H,1-4H3. The van der Waals surface area contributed by atoms with E-state index in [1.165, 1.54) is 33.4 Å². The summed E-state index contributed by atoms with van der Waals surface area (Å²) in [6, 6.07) is 26.3. The lowest BCUT2D eigenvalue weighted by molar-refractivity contribution is 0.837. The van der Waals surface area contributed by atoms with Gasteiger partial charge in [-0.2, -0.15) is 0 Å². The van der Waals surface area contributed by atoms with Gasteiger partial charge in [0.25, 0.3) is 0 Å². The van der Waals surface area contributed by atoms with Crippen LogP contribution in [0.1, 0.15) is 59.1 Å². The predicted molar refractivity (Wildman–Crippen MR) is 104 cm³/mol. The van der Waals surface area contributed by atoms with Crippen LogP contribution in [0.3, 0.4) is 0 Å². The molecule has 0 nitrogen and oxygen atoms in total. The van der Waals surface area contributed by atoms with E-state index < -0.39 is 0 Å². The Bertz CT molecular complexity index is 814. The van der Waals surface area contributed by atoms with Gasteiger partial charge in [0.2, 0.25) is 0 Å². The molecule has 0 saturated carbocycles. The molecular formula is C24H26. The third-order valence-corrected chi connectivity index (χ3v) is 5.34. The van der Waals surface area contributed by atoms with Crippen molar-refractivity contribution in [3.63, 3.8) is 0 Å². The first-order valence-electron chi connectivity index (χ1n) is 8.79.